The molecule has 25 heavy (non-hydrogen) atoms. The van der Waals surface area contributed by atoms with Crippen LogP contribution in [0.4, 0.5) is 18.0 Å². The first-order valence-electron chi connectivity index (χ1n) is 7.55. The monoisotopic (exact) mass is 376 g/mol. The smallest absolute Gasteiger partial charge is 0.417 e. The van der Waals surface area contributed by atoms with Crippen LogP contribution in [0.2, 0.25) is 5.02 Å². The molecule has 2 aromatic rings. The summed E-state index contributed by atoms with van der Waals surface area (Å²) in [6.45, 7) is 5.99. The van der Waals surface area contributed by atoms with Crippen LogP contribution in [0.5, 0.6) is 0 Å². The van der Waals surface area contributed by atoms with Gasteiger partial charge in [-0.05, 0) is 32.9 Å². The van der Waals surface area contributed by atoms with Crippen LogP contribution in [0.3, 0.4) is 0 Å². The number of rotatable bonds is 1. The van der Waals surface area contributed by atoms with E-state index in [2.05, 4.69) is 10.3 Å². The minimum atomic E-state index is -4.56. The van der Waals surface area contributed by atoms with Gasteiger partial charge in [0.1, 0.15) is 11.1 Å². The second-order valence-electron chi connectivity index (χ2n) is 6.89. The Bertz CT molecular complexity index is 823. The van der Waals surface area contributed by atoms with E-state index in [1.54, 1.807) is 20.8 Å². The molecule has 10 heteroatoms. The van der Waals surface area contributed by atoms with Crippen LogP contribution in [0.25, 0.3) is 11.0 Å². The largest absolute Gasteiger partial charge is 0.444 e. The van der Waals surface area contributed by atoms with E-state index in [1.807, 2.05) is 0 Å². The molecule has 2 heterocycles. The fourth-order valence-corrected chi connectivity index (χ4v) is 2.80. The van der Waals surface area contributed by atoms with Crippen molar-refractivity contribution in [3.05, 3.63) is 22.7 Å². The van der Waals surface area contributed by atoms with Gasteiger partial charge in [0.25, 0.3) is 0 Å². The lowest BCUT2D eigenvalue weighted by molar-refractivity contribution is -0.137. The van der Waals surface area contributed by atoms with E-state index in [4.69, 9.17) is 16.3 Å². The molecule has 1 amide bonds. The Morgan fingerprint density at radius 3 is 2.48 bits per heavy atom. The third-order valence-corrected chi connectivity index (χ3v) is 4.04. The number of nitrogens with zero attached hydrogens (tertiary/aromatic N) is 4. The van der Waals surface area contributed by atoms with Crippen molar-refractivity contribution in [2.45, 2.75) is 38.6 Å². The summed E-state index contributed by atoms with van der Waals surface area (Å²) >= 11 is 5.76. The number of alkyl halides is 3. The molecule has 1 aromatic heterocycles. The van der Waals surface area contributed by atoms with Crippen LogP contribution in [0.1, 0.15) is 32.4 Å². The number of amides is 1. The number of ether oxygens (including phenoxy) is 1. The van der Waals surface area contributed by atoms with E-state index >= 15 is 0 Å². The SMILES string of the molecule is CC(C)(C)OC(=O)N1CC(n2nnc3cc(C(F)(F)F)c(Cl)cc32)C1. The highest BCUT2D eigenvalue weighted by atomic mass is 35.5. The lowest BCUT2D eigenvalue weighted by atomic mass is 10.1. The Morgan fingerprint density at radius 2 is 1.92 bits per heavy atom. The fourth-order valence-electron chi connectivity index (χ4n) is 2.53. The molecule has 0 N–H and O–H groups in total. The van der Waals surface area contributed by atoms with Gasteiger partial charge in [-0.1, -0.05) is 16.8 Å². The van der Waals surface area contributed by atoms with Crippen LogP contribution < -0.4 is 0 Å². The summed E-state index contributed by atoms with van der Waals surface area (Å²) in [5, 5.41) is 7.29. The first-order valence-corrected chi connectivity index (χ1v) is 7.93. The maximum atomic E-state index is 12.9. The highest BCUT2D eigenvalue weighted by Gasteiger charge is 2.37. The van der Waals surface area contributed by atoms with Gasteiger partial charge in [-0.2, -0.15) is 13.2 Å². The zero-order valence-corrected chi connectivity index (χ0v) is 14.5. The highest BCUT2D eigenvalue weighted by Crippen LogP contribution is 2.37. The molecular formula is C15H16ClF3N4O2. The lowest BCUT2D eigenvalue weighted by Crippen LogP contribution is -2.52. The molecule has 0 spiro atoms. The van der Waals surface area contributed by atoms with Gasteiger partial charge in [-0.25, -0.2) is 9.48 Å². The zero-order valence-electron chi connectivity index (χ0n) is 13.8. The lowest BCUT2D eigenvalue weighted by Gasteiger charge is -2.39. The predicted octanol–water partition coefficient (Wildman–Crippen LogP) is 3.90. The Morgan fingerprint density at radius 1 is 1.28 bits per heavy atom. The van der Waals surface area contributed by atoms with Crippen molar-refractivity contribution in [3.63, 3.8) is 0 Å². The van der Waals surface area contributed by atoms with Gasteiger partial charge in [0.15, 0.2) is 0 Å². The molecule has 1 aromatic carbocycles. The molecule has 0 aliphatic carbocycles. The average Bonchev–Trinajstić information content (AvgIpc) is 2.76. The molecule has 1 fully saturated rings. The van der Waals surface area contributed by atoms with Gasteiger partial charge in [0.2, 0.25) is 0 Å². The molecule has 3 rings (SSSR count). The molecule has 1 aliphatic rings. The van der Waals surface area contributed by atoms with Gasteiger partial charge >= 0.3 is 12.3 Å². The molecule has 1 aliphatic heterocycles. The fraction of sp³-hybridized carbons (Fsp3) is 0.533. The van der Waals surface area contributed by atoms with Crippen molar-refractivity contribution in [1.29, 1.82) is 0 Å². The number of fused-ring (bicyclic) bond motifs is 1. The molecule has 1 saturated heterocycles. The average molecular weight is 377 g/mol. The summed E-state index contributed by atoms with van der Waals surface area (Å²) in [5.41, 5.74) is -1.04. The molecule has 0 saturated carbocycles. The third-order valence-electron chi connectivity index (χ3n) is 3.73. The standard InChI is InChI=1S/C15H16ClF3N4O2/c1-14(2,3)25-13(24)22-6-8(7-22)23-12-5-10(16)9(15(17,18)19)4-11(12)20-21-23/h4-5,8H,6-7H2,1-3H3. The van der Waals surface area contributed by atoms with Crippen molar-refractivity contribution in [2.24, 2.45) is 0 Å². The summed E-state index contributed by atoms with van der Waals surface area (Å²) in [4.78, 5) is 13.4. The van der Waals surface area contributed by atoms with E-state index in [1.165, 1.54) is 15.6 Å². The normalized spacial score (nSPS) is 16.2. The topological polar surface area (TPSA) is 60.2 Å². The van der Waals surface area contributed by atoms with Gasteiger partial charge in [0, 0.05) is 13.1 Å². The number of halogens is 4. The highest BCUT2D eigenvalue weighted by molar-refractivity contribution is 6.32. The zero-order chi connectivity index (χ0) is 18.6. The number of carbonyl (C=O) groups excluding carboxylic acids is 1. The molecule has 0 bridgehead atoms. The van der Waals surface area contributed by atoms with Crippen molar-refractivity contribution in [1.82, 2.24) is 19.9 Å². The summed E-state index contributed by atoms with van der Waals surface area (Å²) in [7, 11) is 0. The number of benzene rings is 1. The maximum Gasteiger partial charge on any atom is 0.417 e. The number of aromatic nitrogens is 3. The number of hydrogen-bond donors (Lipinski definition) is 0. The molecule has 0 atom stereocenters. The Labute approximate surface area is 146 Å². The van der Waals surface area contributed by atoms with Crippen molar-refractivity contribution in [3.8, 4) is 0 Å². The van der Waals surface area contributed by atoms with Crippen LogP contribution >= 0.6 is 11.6 Å². The molecular weight excluding hydrogens is 361 g/mol. The molecule has 0 unspecified atom stereocenters. The molecule has 6 nitrogen and oxygen atoms in total. The van der Waals surface area contributed by atoms with Crippen LogP contribution in [-0.2, 0) is 10.9 Å². The Balaban J connectivity index is 1.78. The van der Waals surface area contributed by atoms with E-state index in [0.717, 1.165) is 6.07 Å². The van der Waals surface area contributed by atoms with E-state index in [-0.39, 0.29) is 11.6 Å². The minimum absolute atomic E-state index is 0.104. The summed E-state index contributed by atoms with van der Waals surface area (Å²) in [6.07, 6.45) is -5.00. The van der Waals surface area contributed by atoms with E-state index in [0.29, 0.717) is 18.6 Å². The van der Waals surface area contributed by atoms with Crippen LogP contribution in [0.15, 0.2) is 12.1 Å². The second-order valence-corrected chi connectivity index (χ2v) is 7.30. The van der Waals surface area contributed by atoms with Crippen molar-refractivity contribution >= 4 is 28.7 Å². The van der Waals surface area contributed by atoms with Gasteiger partial charge in [-0.3, -0.25) is 0 Å². The third kappa shape index (κ3) is 3.51. The number of carbonyl (C=O) groups is 1. The summed E-state index contributed by atoms with van der Waals surface area (Å²) in [5.74, 6) is 0. The molecule has 0 radical (unpaired) electrons. The van der Waals surface area contributed by atoms with E-state index < -0.39 is 28.5 Å². The van der Waals surface area contributed by atoms with Gasteiger partial charge < -0.3 is 9.64 Å². The van der Waals surface area contributed by atoms with Crippen molar-refractivity contribution in [2.75, 3.05) is 13.1 Å². The summed E-state index contributed by atoms with van der Waals surface area (Å²) < 4.78 is 45.4. The first kappa shape index (κ1) is 17.8. The Kier molecular flexibility index (Phi) is 4.09. The predicted molar refractivity (Wildman–Crippen MR) is 84.4 cm³/mol. The van der Waals surface area contributed by atoms with Gasteiger partial charge in [0.05, 0.1) is 22.1 Å². The second kappa shape index (κ2) is 5.76. The first-order chi connectivity index (χ1) is 11.5. The summed E-state index contributed by atoms with van der Waals surface area (Å²) in [6, 6.07) is 1.90. The maximum absolute atomic E-state index is 12.9. The van der Waals surface area contributed by atoms with Crippen LogP contribution in [0, 0.1) is 0 Å². The number of hydrogen-bond acceptors (Lipinski definition) is 4. The molecule has 136 valence electrons. The van der Waals surface area contributed by atoms with Crippen LogP contribution in [-0.4, -0.2) is 44.7 Å². The minimum Gasteiger partial charge on any atom is -0.444 e. The van der Waals surface area contributed by atoms with Gasteiger partial charge in [-0.15, -0.1) is 5.10 Å². The quantitative estimate of drug-likeness (QED) is 0.757. The van der Waals surface area contributed by atoms with Crippen molar-refractivity contribution < 1.29 is 22.7 Å². The Hall–Kier alpha value is -2.03. The van der Waals surface area contributed by atoms with E-state index in [9.17, 15) is 18.0 Å². The number of likely N-dealkylation sites (tertiary alicyclic amines) is 1.